The first kappa shape index (κ1) is 23.3. The standard InChI is InChI=1S/C25H29N5O5/c1-34-17-22(31)28-9-11-29(12-10-28)24(32)20-15-27(14-19-8-5-13-35-19)16-21-23(20)26-30(25(21)33)18-6-3-2-4-7-18/h2-4,6-7,15-16,19H,5,8-14,17H2,1H3/t19-/m0/s1. The predicted molar refractivity (Wildman–Crippen MR) is 128 cm³/mol. The van der Waals surface area contributed by atoms with E-state index in [4.69, 9.17) is 9.47 Å². The van der Waals surface area contributed by atoms with Crippen LogP contribution in [0.2, 0.25) is 0 Å². The second kappa shape index (κ2) is 10.0. The zero-order chi connectivity index (χ0) is 24.4. The largest absolute Gasteiger partial charge is 0.376 e. The molecule has 0 aromatic heterocycles. The average Bonchev–Trinajstić information content (AvgIpc) is 3.52. The van der Waals surface area contributed by atoms with Gasteiger partial charge in [-0.15, -0.1) is 0 Å². The third-order valence-electron chi connectivity index (χ3n) is 6.58. The first-order chi connectivity index (χ1) is 17.0. The topological polar surface area (TPSA) is 98.9 Å². The number of ether oxygens (including phenoxy) is 2. The Morgan fingerprint density at radius 1 is 1.09 bits per heavy atom. The molecule has 0 spiro atoms. The second-order valence-electron chi connectivity index (χ2n) is 8.92. The lowest BCUT2D eigenvalue weighted by Gasteiger charge is -2.35. The summed E-state index contributed by atoms with van der Waals surface area (Å²) < 4.78 is 13.9. The van der Waals surface area contributed by atoms with Crippen molar-refractivity contribution in [2.75, 3.05) is 46.5 Å². The van der Waals surface area contributed by atoms with E-state index in [1.807, 2.05) is 34.9 Å². The van der Waals surface area contributed by atoms with Gasteiger partial charge in [0.25, 0.3) is 11.5 Å². The van der Waals surface area contributed by atoms with Crippen molar-refractivity contribution in [2.24, 2.45) is 0 Å². The lowest BCUT2D eigenvalue weighted by Crippen LogP contribution is -2.51. The van der Waals surface area contributed by atoms with Gasteiger partial charge in [-0.3, -0.25) is 14.4 Å². The molecule has 0 aliphatic carbocycles. The number of pyridine rings is 1. The van der Waals surface area contributed by atoms with Crippen LogP contribution in [0.1, 0.15) is 23.2 Å². The van der Waals surface area contributed by atoms with E-state index in [2.05, 4.69) is 5.10 Å². The lowest BCUT2D eigenvalue weighted by atomic mass is 10.1. The molecule has 2 fully saturated rings. The summed E-state index contributed by atoms with van der Waals surface area (Å²) in [6.45, 7) is 2.99. The molecule has 10 nitrogen and oxygen atoms in total. The summed E-state index contributed by atoms with van der Waals surface area (Å²) in [5.41, 5.74) is 1.53. The highest BCUT2D eigenvalue weighted by Gasteiger charge is 2.30. The van der Waals surface area contributed by atoms with Crippen LogP contribution in [0.15, 0.2) is 47.5 Å². The number of aromatic nitrogens is 3. The van der Waals surface area contributed by atoms with Crippen LogP contribution in [0.3, 0.4) is 0 Å². The maximum atomic E-state index is 13.7. The number of amides is 2. The molecule has 5 rings (SSSR count). The molecule has 184 valence electrons. The van der Waals surface area contributed by atoms with Crippen LogP contribution >= 0.6 is 0 Å². The fraction of sp³-hybridized carbons (Fsp3) is 0.440. The van der Waals surface area contributed by atoms with Crippen molar-refractivity contribution < 1.29 is 19.1 Å². The van der Waals surface area contributed by atoms with Gasteiger partial charge in [-0.05, 0) is 25.0 Å². The highest BCUT2D eigenvalue weighted by Crippen LogP contribution is 2.25. The molecule has 0 radical (unpaired) electrons. The van der Waals surface area contributed by atoms with E-state index in [0.717, 1.165) is 19.4 Å². The number of fused-ring (bicyclic) bond motifs is 1. The summed E-state index contributed by atoms with van der Waals surface area (Å²) in [5, 5.41) is 4.57. The summed E-state index contributed by atoms with van der Waals surface area (Å²) >= 11 is 0. The number of benzene rings is 1. The molecule has 2 saturated heterocycles. The molecule has 4 heterocycles. The van der Waals surface area contributed by atoms with Crippen LogP contribution in [0.25, 0.3) is 16.9 Å². The summed E-state index contributed by atoms with van der Waals surface area (Å²) in [4.78, 5) is 42.5. The number of nitrogens with zero attached hydrogens (tertiary/aromatic N) is 5. The van der Waals surface area contributed by atoms with E-state index >= 15 is 0 Å². The van der Waals surface area contributed by atoms with Gasteiger partial charge in [-0.25, -0.2) is 0 Å². The molecule has 0 saturated carbocycles. The minimum Gasteiger partial charge on any atom is -0.376 e. The second-order valence-corrected chi connectivity index (χ2v) is 8.92. The Kier molecular flexibility index (Phi) is 6.65. The Balaban J connectivity index is 1.48. The van der Waals surface area contributed by atoms with Gasteiger partial charge in [0.15, 0.2) is 0 Å². The van der Waals surface area contributed by atoms with Gasteiger partial charge in [0.1, 0.15) is 12.3 Å². The number of methoxy groups -OCH3 is 1. The van der Waals surface area contributed by atoms with E-state index < -0.39 is 0 Å². The van der Waals surface area contributed by atoms with E-state index in [1.54, 1.807) is 22.2 Å². The average molecular weight is 480 g/mol. The minimum absolute atomic E-state index is 0.0275. The Labute approximate surface area is 203 Å². The normalized spacial score (nSPS) is 18.4. The fourth-order valence-corrected chi connectivity index (χ4v) is 4.73. The molecule has 0 N–H and O–H groups in total. The zero-order valence-electron chi connectivity index (χ0n) is 19.8. The van der Waals surface area contributed by atoms with Crippen molar-refractivity contribution in [2.45, 2.75) is 25.5 Å². The number of carbonyl (C=O) groups is 2. The van der Waals surface area contributed by atoms with Crippen LogP contribution < -0.4 is 5.56 Å². The van der Waals surface area contributed by atoms with Crippen LogP contribution in [0.4, 0.5) is 0 Å². The molecule has 1 atom stereocenters. The Hall–Kier alpha value is -3.50. The van der Waals surface area contributed by atoms with E-state index in [1.165, 1.54) is 11.8 Å². The number of rotatable bonds is 6. The number of carbonyl (C=O) groups excluding carboxylic acids is 2. The molecular formula is C25H29N5O5. The molecule has 4 aliphatic rings. The molecular weight excluding hydrogens is 450 g/mol. The first-order valence-corrected chi connectivity index (χ1v) is 11.9. The van der Waals surface area contributed by atoms with E-state index in [0.29, 0.717) is 55.2 Å². The number of piperazine rings is 1. The monoisotopic (exact) mass is 479 g/mol. The summed E-state index contributed by atoms with van der Waals surface area (Å²) in [6.07, 6.45) is 5.54. The van der Waals surface area contributed by atoms with Crippen molar-refractivity contribution >= 4 is 11.8 Å². The van der Waals surface area contributed by atoms with Gasteiger partial charge < -0.3 is 23.8 Å². The Bertz CT molecular complexity index is 1220. The van der Waals surface area contributed by atoms with Crippen LogP contribution in [-0.4, -0.2) is 88.6 Å². The molecule has 1 aromatic carbocycles. The van der Waals surface area contributed by atoms with Crippen molar-refractivity contribution in [3.8, 4) is 16.9 Å². The van der Waals surface area contributed by atoms with Gasteiger partial charge >= 0.3 is 0 Å². The SMILES string of the molecule is COCC(=O)N1CCN(C(=O)c2cn(C[C@@H]3CCCO3)cc3c(=O)n(-c4ccccc4)nc2-3)CC1. The maximum Gasteiger partial charge on any atom is 0.282 e. The predicted octanol–water partition coefficient (Wildman–Crippen LogP) is 1.25. The van der Waals surface area contributed by atoms with Gasteiger partial charge in [0, 0.05) is 58.8 Å². The van der Waals surface area contributed by atoms with E-state index in [9.17, 15) is 14.4 Å². The molecule has 4 aliphatic heterocycles. The van der Waals surface area contributed by atoms with Crippen molar-refractivity contribution in [3.05, 3.63) is 58.6 Å². The molecule has 0 bridgehead atoms. The minimum atomic E-state index is -0.267. The number of hydrogen-bond donors (Lipinski definition) is 0. The van der Waals surface area contributed by atoms with Crippen molar-refractivity contribution in [3.63, 3.8) is 0 Å². The first-order valence-electron chi connectivity index (χ1n) is 11.9. The fourth-order valence-electron chi connectivity index (χ4n) is 4.73. The molecule has 2 amide bonds. The van der Waals surface area contributed by atoms with Gasteiger partial charge in [0.05, 0.1) is 22.9 Å². The molecule has 0 unspecified atom stereocenters. The quantitative estimate of drug-likeness (QED) is 0.528. The number of para-hydroxylation sites is 1. The highest BCUT2D eigenvalue weighted by molar-refractivity contribution is 6.00. The highest BCUT2D eigenvalue weighted by atomic mass is 16.5. The van der Waals surface area contributed by atoms with Crippen LogP contribution in [0.5, 0.6) is 0 Å². The summed E-state index contributed by atoms with van der Waals surface area (Å²) in [5.74, 6) is -0.290. The summed E-state index contributed by atoms with van der Waals surface area (Å²) in [7, 11) is 1.49. The van der Waals surface area contributed by atoms with Crippen molar-refractivity contribution in [1.29, 1.82) is 0 Å². The van der Waals surface area contributed by atoms with Crippen molar-refractivity contribution in [1.82, 2.24) is 24.1 Å². The summed E-state index contributed by atoms with van der Waals surface area (Å²) in [6, 6.07) is 9.18. The Morgan fingerprint density at radius 3 is 2.51 bits per heavy atom. The third-order valence-corrected chi connectivity index (χ3v) is 6.58. The number of hydrogen-bond acceptors (Lipinski definition) is 6. The van der Waals surface area contributed by atoms with Crippen LogP contribution in [-0.2, 0) is 20.8 Å². The Morgan fingerprint density at radius 2 is 1.83 bits per heavy atom. The maximum absolute atomic E-state index is 13.7. The molecule has 10 heteroatoms. The van der Waals surface area contributed by atoms with Gasteiger partial charge in [0.2, 0.25) is 5.91 Å². The third kappa shape index (κ3) is 4.71. The van der Waals surface area contributed by atoms with E-state index in [-0.39, 0.29) is 30.1 Å². The van der Waals surface area contributed by atoms with Gasteiger partial charge in [-0.1, -0.05) is 18.2 Å². The lowest BCUT2D eigenvalue weighted by molar-refractivity contribution is -0.136. The molecule has 1 aromatic rings. The zero-order valence-corrected chi connectivity index (χ0v) is 19.8. The van der Waals surface area contributed by atoms with Gasteiger partial charge in [-0.2, -0.15) is 9.78 Å². The van der Waals surface area contributed by atoms with Crippen LogP contribution in [0, 0.1) is 0 Å². The molecule has 35 heavy (non-hydrogen) atoms. The smallest absolute Gasteiger partial charge is 0.282 e.